The topological polar surface area (TPSA) is 29.5 Å². The first-order valence-corrected chi connectivity index (χ1v) is 7.59. The predicted molar refractivity (Wildman–Crippen MR) is 78.9 cm³/mol. The average molecular weight is 267 g/mol. The summed E-state index contributed by atoms with van der Waals surface area (Å²) in [6.45, 7) is 10.1. The molecule has 1 aliphatic rings. The van der Waals surface area contributed by atoms with Gasteiger partial charge in [0.1, 0.15) is 0 Å². The van der Waals surface area contributed by atoms with Crippen molar-refractivity contribution in [1.82, 2.24) is 4.90 Å². The zero-order valence-corrected chi connectivity index (χ0v) is 13.1. The van der Waals surface area contributed by atoms with E-state index in [1.54, 1.807) is 11.2 Å². The lowest BCUT2D eigenvalue weighted by Gasteiger charge is -2.29. The summed E-state index contributed by atoms with van der Waals surface area (Å²) in [4.78, 5) is 13.8. The summed E-state index contributed by atoms with van der Waals surface area (Å²) in [5, 5.41) is 0. The van der Waals surface area contributed by atoms with E-state index < -0.39 is 0 Å². The first-order chi connectivity index (χ1) is 8.93. The molecule has 0 aromatic rings. The van der Waals surface area contributed by atoms with Crippen molar-refractivity contribution in [3.05, 3.63) is 11.8 Å². The van der Waals surface area contributed by atoms with Crippen LogP contribution in [0.2, 0.25) is 0 Å². The number of rotatable bonds is 4. The molecule has 0 N–H and O–H groups in total. The quantitative estimate of drug-likeness (QED) is 0.689. The van der Waals surface area contributed by atoms with E-state index >= 15 is 0 Å². The Kier molecular flexibility index (Phi) is 6.40. The van der Waals surface area contributed by atoms with Crippen LogP contribution in [0.25, 0.3) is 0 Å². The number of hydrogen-bond acceptors (Lipinski definition) is 2. The van der Waals surface area contributed by atoms with Crippen LogP contribution in [-0.2, 0) is 4.74 Å². The lowest BCUT2D eigenvalue weighted by molar-refractivity contribution is 0.108. The first-order valence-electron chi connectivity index (χ1n) is 7.59. The molecular weight excluding hydrogens is 238 g/mol. The highest BCUT2D eigenvalue weighted by atomic mass is 16.5. The second-order valence-corrected chi connectivity index (χ2v) is 6.18. The van der Waals surface area contributed by atoms with Crippen molar-refractivity contribution in [2.45, 2.75) is 78.8 Å². The summed E-state index contributed by atoms with van der Waals surface area (Å²) in [6.07, 6.45) is 7.85. The number of hydrogen-bond donors (Lipinski definition) is 0. The fraction of sp³-hybridized carbons (Fsp3) is 0.812. The molecule has 1 fully saturated rings. The zero-order valence-electron chi connectivity index (χ0n) is 13.1. The Labute approximate surface area is 118 Å². The molecule has 0 aromatic carbocycles. The van der Waals surface area contributed by atoms with Crippen molar-refractivity contribution in [1.29, 1.82) is 0 Å². The van der Waals surface area contributed by atoms with Crippen LogP contribution in [0, 0.1) is 5.92 Å². The van der Waals surface area contributed by atoms with E-state index in [2.05, 4.69) is 6.92 Å². The van der Waals surface area contributed by atoms with Gasteiger partial charge >= 0.3 is 6.09 Å². The van der Waals surface area contributed by atoms with E-state index in [1.165, 1.54) is 37.7 Å². The molecule has 0 atom stereocenters. The van der Waals surface area contributed by atoms with Crippen LogP contribution in [0.1, 0.15) is 66.7 Å². The summed E-state index contributed by atoms with van der Waals surface area (Å²) in [5.41, 5.74) is 1.21. The van der Waals surface area contributed by atoms with Crippen molar-refractivity contribution in [3.63, 3.8) is 0 Å². The molecule has 0 radical (unpaired) electrons. The molecule has 0 bridgehead atoms. The van der Waals surface area contributed by atoms with E-state index in [1.807, 2.05) is 27.7 Å². The van der Waals surface area contributed by atoms with Crippen LogP contribution in [0.15, 0.2) is 11.8 Å². The molecule has 1 saturated carbocycles. The molecule has 0 spiro atoms. The van der Waals surface area contributed by atoms with Gasteiger partial charge < -0.3 is 9.64 Å². The van der Waals surface area contributed by atoms with Crippen LogP contribution in [0.3, 0.4) is 0 Å². The van der Waals surface area contributed by atoms with Gasteiger partial charge in [-0.15, -0.1) is 0 Å². The van der Waals surface area contributed by atoms with Gasteiger partial charge in [0.05, 0.1) is 6.26 Å². The largest absolute Gasteiger partial charge is 0.418 e. The Balaban J connectivity index is 2.55. The number of carbonyl (C=O) groups is 1. The Morgan fingerprint density at radius 1 is 1.11 bits per heavy atom. The third kappa shape index (κ3) is 4.88. The van der Waals surface area contributed by atoms with Gasteiger partial charge in [-0.05, 0) is 59.0 Å². The van der Waals surface area contributed by atoms with Crippen LogP contribution >= 0.6 is 0 Å². The molecule has 19 heavy (non-hydrogen) atoms. The van der Waals surface area contributed by atoms with Gasteiger partial charge in [0.2, 0.25) is 0 Å². The minimum Gasteiger partial charge on any atom is -0.418 e. The second kappa shape index (κ2) is 7.56. The van der Waals surface area contributed by atoms with Crippen LogP contribution in [0.5, 0.6) is 0 Å². The second-order valence-electron chi connectivity index (χ2n) is 6.18. The van der Waals surface area contributed by atoms with Gasteiger partial charge in [0.25, 0.3) is 0 Å². The molecule has 3 heteroatoms. The normalized spacial score (nSPS) is 17.9. The molecule has 0 aromatic heterocycles. The maximum Gasteiger partial charge on any atom is 0.415 e. The fourth-order valence-electron chi connectivity index (χ4n) is 2.88. The Bertz CT molecular complexity index is 307. The van der Waals surface area contributed by atoms with Crippen molar-refractivity contribution in [2.75, 3.05) is 0 Å². The van der Waals surface area contributed by atoms with E-state index in [0.717, 1.165) is 0 Å². The molecular formula is C16H29NO2. The van der Waals surface area contributed by atoms with Crippen LogP contribution in [-0.4, -0.2) is 23.1 Å². The van der Waals surface area contributed by atoms with Gasteiger partial charge in [-0.3, -0.25) is 0 Å². The maximum absolute atomic E-state index is 12.1. The first kappa shape index (κ1) is 16.1. The van der Waals surface area contributed by atoms with Crippen LogP contribution < -0.4 is 0 Å². The number of amides is 1. The third-order valence-corrected chi connectivity index (χ3v) is 3.92. The number of ether oxygens (including phenoxy) is 1. The minimum absolute atomic E-state index is 0.163. The third-order valence-electron chi connectivity index (χ3n) is 3.92. The van der Waals surface area contributed by atoms with Gasteiger partial charge in [0.15, 0.2) is 0 Å². The summed E-state index contributed by atoms with van der Waals surface area (Å²) in [7, 11) is 0. The zero-order chi connectivity index (χ0) is 14.4. The van der Waals surface area contributed by atoms with Crippen molar-refractivity contribution < 1.29 is 9.53 Å². The number of allylic oxidation sites excluding steroid dienone is 1. The molecule has 1 amide bonds. The van der Waals surface area contributed by atoms with Crippen molar-refractivity contribution in [2.24, 2.45) is 5.92 Å². The monoisotopic (exact) mass is 267 g/mol. The van der Waals surface area contributed by atoms with E-state index in [4.69, 9.17) is 4.74 Å². The Morgan fingerprint density at radius 3 is 2.11 bits per heavy atom. The van der Waals surface area contributed by atoms with E-state index in [0.29, 0.717) is 5.92 Å². The average Bonchev–Trinajstić information content (AvgIpc) is 2.36. The summed E-state index contributed by atoms with van der Waals surface area (Å²) >= 11 is 0. The molecule has 110 valence electrons. The molecule has 0 heterocycles. The smallest absolute Gasteiger partial charge is 0.415 e. The SMILES string of the molecule is CC(=COC(=O)N(C(C)C)C(C)C)C1CCCCC1. The lowest BCUT2D eigenvalue weighted by atomic mass is 9.85. The summed E-state index contributed by atoms with van der Waals surface area (Å²) in [5.74, 6) is 0.605. The standard InChI is InChI=1S/C16H29NO2/c1-12(2)17(13(3)4)16(18)19-11-14(5)15-9-7-6-8-10-15/h11-13,15H,6-10H2,1-5H3. The predicted octanol–water partition coefficient (Wildman–Crippen LogP) is 4.73. The van der Waals surface area contributed by atoms with E-state index in [9.17, 15) is 4.79 Å². The number of nitrogens with zero attached hydrogens (tertiary/aromatic N) is 1. The lowest BCUT2D eigenvalue weighted by Crippen LogP contribution is -2.41. The maximum atomic E-state index is 12.1. The van der Waals surface area contributed by atoms with Crippen molar-refractivity contribution in [3.8, 4) is 0 Å². The molecule has 0 unspecified atom stereocenters. The molecule has 0 aliphatic heterocycles. The van der Waals surface area contributed by atoms with Gasteiger partial charge in [-0.25, -0.2) is 4.79 Å². The van der Waals surface area contributed by atoms with Gasteiger partial charge in [-0.2, -0.15) is 0 Å². The van der Waals surface area contributed by atoms with E-state index in [-0.39, 0.29) is 18.2 Å². The Morgan fingerprint density at radius 2 is 1.63 bits per heavy atom. The Hall–Kier alpha value is -0.990. The summed E-state index contributed by atoms with van der Waals surface area (Å²) < 4.78 is 5.37. The van der Waals surface area contributed by atoms with Gasteiger partial charge in [-0.1, -0.05) is 19.3 Å². The molecule has 1 aliphatic carbocycles. The molecule has 0 saturated heterocycles. The highest BCUT2D eigenvalue weighted by Crippen LogP contribution is 2.29. The fourth-order valence-corrected chi connectivity index (χ4v) is 2.88. The van der Waals surface area contributed by atoms with Crippen LogP contribution in [0.4, 0.5) is 4.79 Å². The highest BCUT2D eigenvalue weighted by Gasteiger charge is 2.21. The highest BCUT2D eigenvalue weighted by molar-refractivity contribution is 5.69. The summed E-state index contributed by atoms with van der Waals surface area (Å²) in [6, 6.07) is 0.326. The molecule has 1 rings (SSSR count). The van der Waals surface area contributed by atoms with Gasteiger partial charge in [0, 0.05) is 12.1 Å². The van der Waals surface area contributed by atoms with Crippen molar-refractivity contribution >= 4 is 6.09 Å². The number of carbonyl (C=O) groups excluding carboxylic acids is 1. The minimum atomic E-state index is -0.236. The molecule has 3 nitrogen and oxygen atoms in total.